The lowest BCUT2D eigenvalue weighted by Crippen LogP contribution is -2.32. The van der Waals surface area contributed by atoms with Crippen molar-refractivity contribution in [1.29, 1.82) is 0 Å². The van der Waals surface area contributed by atoms with Gasteiger partial charge >= 0.3 is 12.0 Å². The van der Waals surface area contributed by atoms with Crippen LogP contribution >= 0.6 is 0 Å². The molecule has 100 valence electrons. The van der Waals surface area contributed by atoms with Crippen molar-refractivity contribution < 1.29 is 19.4 Å². The Balaban J connectivity index is 2.98. The lowest BCUT2D eigenvalue weighted by molar-refractivity contribution is 0.0697. The Morgan fingerprint density at radius 3 is 2.74 bits per heavy atom. The van der Waals surface area contributed by atoms with E-state index >= 15 is 0 Å². The van der Waals surface area contributed by atoms with Gasteiger partial charge in [0.05, 0.1) is 24.9 Å². The molecule has 2 amide bonds. The molecular formula is C13H14N2O4. The smallest absolute Gasteiger partial charge is 0.337 e. The molecule has 0 aliphatic carbocycles. The fraction of sp³-hybridized carbons (Fsp3) is 0.231. The maximum Gasteiger partial charge on any atom is 0.337 e. The zero-order valence-electron chi connectivity index (χ0n) is 10.6. The van der Waals surface area contributed by atoms with E-state index in [4.69, 9.17) is 16.3 Å². The second-order valence-electron chi connectivity index (χ2n) is 3.71. The number of amides is 2. The molecule has 2 N–H and O–H groups in total. The van der Waals surface area contributed by atoms with Gasteiger partial charge in [0, 0.05) is 7.05 Å². The van der Waals surface area contributed by atoms with Gasteiger partial charge in [-0.3, -0.25) is 0 Å². The van der Waals surface area contributed by atoms with Crippen LogP contribution in [0.1, 0.15) is 10.4 Å². The number of hydrogen-bond acceptors (Lipinski definition) is 3. The van der Waals surface area contributed by atoms with Crippen LogP contribution < -0.4 is 10.1 Å². The van der Waals surface area contributed by atoms with Gasteiger partial charge in [0.25, 0.3) is 0 Å². The first-order valence-electron chi connectivity index (χ1n) is 5.36. The molecule has 0 unspecified atom stereocenters. The Bertz CT molecular complexity index is 534. The number of hydrogen-bond donors (Lipinski definition) is 2. The summed E-state index contributed by atoms with van der Waals surface area (Å²) >= 11 is 0. The largest absolute Gasteiger partial charge is 0.497 e. The Hall–Kier alpha value is -2.68. The van der Waals surface area contributed by atoms with Crippen LogP contribution in [0, 0.1) is 12.3 Å². The summed E-state index contributed by atoms with van der Waals surface area (Å²) in [6.07, 6.45) is 5.09. The zero-order valence-corrected chi connectivity index (χ0v) is 10.6. The van der Waals surface area contributed by atoms with Crippen molar-refractivity contribution in [1.82, 2.24) is 4.90 Å². The average Bonchev–Trinajstić information content (AvgIpc) is 2.39. The monoisotopic (exact) mass is 262 g/mol. The number of anilines is 1. The third-order valence-electron chi connectivity index (χ3n) is 2.37. The summed E-state index contributed by atoms with van der Waals surface area (Å²) < 4.78 is 4.94. The van der Waals surface area contributed by atoms with Crippen LogP contribution in [0.4, 0.5) is 10.5 Å². The fourth-order valence-corrected chi connectivity index (χ4v) is 1.36. The molecule has 6 nitrogen and oxygen atoms in total. The van der Waals surface area contributed by atoms with E-state index in [-0.39, 0.29) is 17.8 Å². The maximum absolute atomic E-state index is 11.7. The van der Waals surface area contributed by atoms with Gasteiger partial charge < -0.3 is 20.1 Å². The van der Waals surface area contributed by atoms with Crippen LogP contribution in [-0.2, 0) is 0 Å². The highest BCUT2D eigenvalue weighted by Gasteiger charge is 2.15. The number of benzene rings is 1. The topological polar surface area (TPSA) is 78.9 Å². The molecule has 19 heavy (non-hydrogen) atoms. The average molecular weight is 262 g/mol. The number of ether oxygens (including phenoxy) is 1. The van der Waals surface area contributed by atoms with E-state index in [0.29, 0.717) is 5.75 Å². The number of terminal acetylenes is 1. The summed E-state index contributed by atoms with van der Waals surface area (Å²) in [6, 6.07) is 3.87. The van der Waals surface area contributed by atoms with Gasteiger partial charge in [0.1, 0.15) is 5.75 Å². The van der Waals surface area contributed by atoms with Gasteiger partial charge in [0.15, 0.2) is 0 Å². The van der Waals surface area contributed by atoms with Crippen LogP contribution in [0.3, 0.4) is 0 Å². The maximum atomic E-state index is 11.7. The summed E-state index contributed by atoms with van der Waals surface area (Å²) in [5, 5.41) is 11.6. The van der Waals surface area contributed by atoms with Crippen molar-refractivity contribution in [2.75, 3.05) is 26.0 Å². The van der Waals surface area contributed by atoms with E-state index in [1.165, 1.54) is 31.2 Å². The molecule has 1 aromatic carbocycles. The molecule has 6 heteroatoms. The van der Waals surface area contributed by atoms with Crippen molar-refractivity contribution >= 4 is 17.7 Å². The molecule has 0 aliphatic heterocycles. The van der Waals surface area contributed by atoms with Crippen LogP contribution in [0.15, 0.2) is 18.2 Å². The molecule has 0 spiro atoms. The van der Waals surface area contributed by atoms with Crippen LogP contribution in [0.25, 0.3) is 0 Å². The molecule has 0 aromatic heterocycles. The number of carboxylic acid groups (broad SMARTS) is 1. The number of carbonyl (C=O) groups excluding carboxylic acids is 1. The molecule has 0 saturated heterocycles. The second kappa shape index (κ2) is 6.31. The number of carbonyl (C=O) groups is 2. The van der Waals surface area contributed by atoms with Crippen molar-refractivity contribution in [2.24, 2.45) is 0 Å². The second-order valence-corrected chi connectivity index (χ2v) is 3.71. The molecule has 0 bridgehead atoms. The number of carboxylic acids is 1. The SMILES string of the molecule is C#CCN(C)C(=O)Nc1ccc(OC)cc1C(=O)O. The number of aromatic carboxylic acids is 1. The van der Waals surface area contributed by atoms with Gasteiger partial charge in [-0.15, -0.1) is 6.42 Å². The molecule has 0 atom stereocenters. The predicted molar refractivity (Wildman–Crippen MR) is 70.4 cm³/mol. The van der Waals surface area contributed by atoms with E-state index in [0.717, 1.165) is 0 Å². The van der Waals surface area contributed by atoms with Gasteiger partial charge in [-0.2, -0.15) is 0 Å². The Morgan fingerprint density at radius 2 is 2.21 bits per heavy atom. The lowest BCUT2D eigenvalue weighted by Gasteiger charge is -2.16. The number of urea groups is 1. The number of nitrogens with zero attached hydrogens (tertiary/aromatic N) is 1. The summed E-state index contributed by atoms with van der Waals surface area (Å²) in [6.45, 7) is 0.129. The number of methoxy groups -OCH3 is 1. The van der Waals surface area contributed by atoms with Crippen LogP contribution in [0.2, 0.25) is 0 Å². The highest BCUT2D eigenvalue weighted by atomic mass is 16.5. The van der Waals surface area contributed by atoms with Gasteiger partial charge in [-0.1, -0.05) is 5.92 Å². The third-order valence-corrected chi connectivity index (χ3v) is 2.37. The lowest BCUT2D eigenvalue weighted by atomic mass is 10.1. The normalized spacial score (nSPS) is 9.32. The first-order valence-corrected chi connectivity index (χ1v) is 5.36. The summed E-state index contributed by atoms with van der Waals surface area (Å²) in [4.78, 5) is 24.1. The Kier molecular flexibility index (Phi) is 4.77. The highest BCUT2D eigenvalue weighted by Crippen LogP contribution is 2.22. The number of rotatable bonds is 4. The van der Waals surface area contributed by atoms with E-state index in [1.54, 1.807) is 6.07 Å². The standard InChI is InChI=1S/C13H14N2O4/c1-4-7-15(2)13(18)14-11-6-5-9(19-3)8-10(11)12(16)17/h1,5-6,8H,7H2,2-3H3,(H,14,18)(H,16,17). The molecule has 0 saturated carbocycles. The highest BCUT2D eigenvalue weighted by molar-refractivity contribution is 6.00. The Labute approximate surface area is 111 Å². The molecular weight excluding hydrogens is 248 g/mol. The molecule has 0 aliphatic rings. The van der Waals surface area contributed by atoms with Gasteiger partial charge in [0.2, 0.25) is 0 Å². The van der Waals surface area contributed by atoms with Crippen molar-refractivity contribution in [2.45, 2.75) is 0 Å². The molecule has 1 aromatic rings. The molecule has 1 rings (SSSR count). The van der Waals surface area contributed by atoms with E-state index in [1.807, 2.05) is 0 Å². The minimum atomic E-state index is -1.16. The Morgan fingerprint density at radius 1 is 1.53 bits per heavy atom. The van der Waals surface area contributed by atoms with E-state index in [2.05, 4.69) is 11.2 Å². The minimum Gasteiger partial charge on any atom is -0.497 e. The molecule has 0 radical (unpaired) electrons. The van der Waals surface area contributed by atoms with E-state index < -0.39 is 12.0 Å². The fourth-order valence-electron chi connectivity index (χ4n) is 1.36. The zero-order chi connectivity index (χ0) is 14.4. The van der Waals surface area contributed by atoms with Crippen molar-refractivity contribution in [3.05, 3.63) is 23.8 Å². The predicted octanol–water partition coefficient (Wildman–Crippen LogP) is 1.49. The quantitative estimate of drug-likeness (QED) is 0.806. The van der Waals surface area contributed by atoms with Gasteiger partial charge in [-0.05, 0) is 18.2 Å². The summed E-state index contributed by atoms with van der Waals surface area (Å²) in [7, 11) is 2.94. The van der Waals surface area contributed by atoms with Crippen LogP contribution in [-0.4, -0.2) is 42.7 Å². The molecule has 0 fully saturated rings. The van der Waals surface area contributed by atoms with Crippen molar-refractivity contribution in [3.8, 4) is 18.1 Å². The minimum absolute atomic E-state index is 0.0539. The number of nitrogens with one attached hydrogen (secondary N) is 1. The first kappa shape index (κ1) is 14.4. The van der Waals surface area contributed by atoms with Crippen LogP contribution in [0.5, 0.6) is 5.75 Å². The van der Waals surface area contributed by atoms with Crippen molar-refractivity contribution in [3.63, 3.8) is 0 Å². The molecule has 0 heterocycles. The van der Waals surface area contributed by atoms with E-state index in [9.17, 15) is 9.59 Å². The third kappa shape index (κ3) is 3.64. The first-order chi connectivity index (χ1) is 8.99. The summed E-state index contributed by atoms with van der Waals surface area (Å²) in [5.74, 6) is 1.56. The summed E-state index contributed by atoms with van der Waals surface area (Å²) in [5.41, 5.74) is 0.129. The van der Waals surface area contributed by atoms with Gasteiger partial charge in [-0.25, -0.2) is 9.59 Å².